The number of carbonyl (C=O) groups is 1. The fraction of sp³-hybridized carbons (Fsp3) is 0.933. The van der Waals surface area contributed by atoms with Crippen LogP contribution in [0.4, 0.5) is 4.79 Å². The van der Waals surface area contributed by atoms with Crippen molar-refractivity contribution in [1.29, 1.82) is 0 Å². The van der Waals surface area contributed by atoms with Gasteiger partial charge in [-0.3, -0.25) is 0 Å². The molecule has 0 aromatic rings. The molecule has 1 saturated heterocycles. The van der Waals surface area contributed by atoms with Crippen LogP contribution >= 0.6 is 0 Å². The third-order valence-corrected chi connectivity index (χ3v) is 3.14. The number of likely N-dealkylation sites (tertiary alicyclic amines) is 1. The Bertz CT molecular complexity index is 297. The number of piperidine rings is 1. The van der Waals surface area contributed by atoms with Gasteiger partial charge in [-0.15, -0.1) is 0 Å². The topological polar surface area (TPSA) is 74.0 Å². The predicted molar refractivity (Wildman–Crippen MR) is 81.3 cm³/mol. The van der Waals surface area contributed by atoms with Crippen LogP contribution in [0.15, 0.2) is 0 Å². The summed E-state index contributed by atoms with van der Waals surface area (Å²) in [5.41, 5.74) is 4.90. The highest BCUT2D eigenvalue weighted by Gasteiger charge is 2.26. The Labute approximate surface area is 127 Å². The van der Waals surface area contributed by atoms with Crippen LogP contribution in [0.3, 0.4) is 0 Å². The first kappa shape index (κ1) is 18.2. The monoisotopic (exact) mass is 302 g/mol. The lowest BCUT2D eigenvalue weighted by atomic mass is 10.1. The molecule has 0 aromatic carbocycles. The minimum atomic E-state index is -0.437. The van der Waals surface area contributed by atoms with E-state index in [2.05, 4.69) is 0 Å². The van der Waals surface area contributed by atoms with Crippen LogP contribution in [0, 0.1) is 0 Å². The smallest absolute Gasteiger partial charge is 0.410 e. The summed E-state index contributed by atoms with van der Waals surface area (Å²) in [5, 5.41) is 0. The molecule has 21 heavy (non-hydrogen) atoms. The maximum absolute atomic E-state index is 11.9. The number of carbonyl (C=O) groups excluding carboxylic acids is 1. The number of ether oxygens (including phenoxy) is 3. The van der Waals surface area contributed by atoms with E-state index in [1.807, 2.05) is 20.8 Å². The quantitative estimate of drug-likeness (QED) is 0.725. The van der Waals surface area contributed by atoms with E-state index in [0.29, 0.717) is 39.5 Å². The molecule has 1 aliphatic heterocycles. The largest absolute Gasteiger partial charge is 0.444 e. The van der Waals surface area contributed by atoms with Crippen molar-refractivity contribution in [2.45, 2.75) is 51.7 Å². The van der Waals surface area contributed by atoms with Crippen molar-refractivity contribution < 1.29 is 19.0 Å². The SMILES string of the molecule is CC(C)(C)OC(=O)N1CCC(OCCCOCCN)CC1. The van der Waals surface area contributed by atoms with E-state index in [4.69, 9.17) is 19.9 Å². The van der Waals surface area contributed by atoms with Gasteiger partial charge in [-0.25, -0.2) is 4.79 Å². The first-order chi connectivity index (χ1) is 9.92. The zero-order valence-corrected chi connectivity index (χ0v) is 13.6. The molecule has 1 rings (SSSR count). The number of amides is 1. The second kappa shape index (κ2) is 9.23. The van der Waals surface area contributed by atoms with Gasteiger partial charge in [-0.1, -0.05) is 0 Å². The number of nitrogens with zero attached hydrogens (tertiary/aromatic N) is 1. The lowest BCUT2D eigenvalue weighted by molar-refractivity contribution is -0.0160. The molecular weight excluding hydrogens is 272 g/mol. The molecule has 1 fully saturated rings. The molecule has 2 N–H and O–H groups in total. The van der Waals surface area contributed by atoms with Gasteiger partial charge >= 0.3 is 6.09 Å². The zero-order chi connectivity index (χ0) is 15.7. The fourth-order valence-corrected chi connectivity index (χ4v) is 2.13. The minimum Gasteiger partial charge on any atom is -0.444 e. The van der Waals surface area contributed by atoms with Gasteiger partial charge in [0.25, 0.3) is 0 Å². The average molecular weight is 302 g/mol. The maximum Gasteiger partial charge on any atom is 0.410 e. The van der Waals surface area contributed by atoms with Crippen molar-refractivity contribution in [2.24, 2.45) is 5.73 Å². The van der Waals surface area contributed by atoms with Crippen LogP contribution in [0.1, 0.15) is 40.0 Å². The summed E-state index contributed by atoms with van der Waals surface area (Å²) in [6.45, 7) is 9.59. The Kier molecular flexibility index (Phi) is 8.00. The molecule has 0 saturated carbocycles. The van der Waals surface area contributed by atoms with Crippen molar-refractivity contribution in [3.05, 3.63) is 0 Å². The van der Waals surface area contributed by atoms with Gasteiger partial charge in [-0.2, -0.15) is 0 Å². The zero-order valence-electron chi connectivity index (χ0n) is 13.6. The molecule has 1 amide bonds. The van der Waals surface area contributed by atoms with E-state index < -0.39 is 5.60 Å². The van der Waals surface area contributed by atoms with Crippen molar-refractivity contribution in [1.82, 2.24) is 4.90 Å². The second-order valence-corrected chi connectivity index (χ2v) is 6.29. The molecule has 0 aromatic heterocycles. The second-order valence-electron chi connectivity index (χ2n) is 6.29. The number of hydrogen-bond donors (Lipinski definition) is 1. The molecular formula is C15H30N2O4. The summed E-state index contributed by atoms with van der Waals surface area (Å²) >= 11 is 0. The van der Waals surface area contributed by atoms with Crippen LogP contribution in [-0.4, -0.2) is 62.2 Å². The van der Waals surface area contributed by atoms with Gasteiger partial charge in [0, 0.05) is 32.8 Å². The van der Waals surface area contributed by atoms with E-state index in [9.17, 15) is 4.79 Å². The summed E-state index contributed by atoms with van der Waals surface area (Å²) in [6, 6.07) is 0. The molecule has 0 radical (unpaired) electrons. The Morgan fingerprint density at radius 1 is 1.19 bits per heavy atom. The molecule has 6 nitrogen and oxygen atoms in total. The van der Waals surface area contributed by atoms with Gasteiger partial charge in [0.15, 0.2) is 0 Å². The lowest BCUT2D eigenvalue weighted by Crippen LogP contribution is -2.43. The van der Waals surface area contributed by atoms with Crippen LogP contribution in [-0.2, 0) is 14.2 Å². The first-order valence-electron chi connectivity index (χ1n) is 7.79. The number of hydrogen-bond acceptors (Lipinski definition) is 5. The Morgan fingerprint density at radius 2 is 1.86 bits per heavy atom. The summed E-state index contributed by atoms with van der Waals surface area (Å²) < 4.78 is 16.5. The van der Waals surface area contributed by atoms with Crippen molar-refractivity contribution in [2.75, 3.05) is 39.5 Å². The minimum absolute atomic E-state index is 0.226. The number of nitrogens with two attached hydrogens (primary N) is 1. The summed E-state index contributed by atoms with van der Waals surface area (Å²) in [7, 11) is 0. The van der Waals surface area contributed by atoms with E-state index >= 15 is 0 Å². The Morgan fingerprint density at radius 3 is 2.43 bits per heavy atom. The predicted octanol–water partition coefficient (Wildman–Crippen LogP) is 1.77. The molecule has 1 heterocycles. The molecule has 1 aliphatic rings. The standard InChI is InChI=1S/C15H30N2O4/c1-15(2,3)21-14(18)17-8-5-13(6-9-17)20-11-4-10-19-12-7-16/h13H,4-12,16H2,1-3H3. The highest BCUT2D eigenvalue weighted by Crippen LogP contribution is 2.17. The van der Waals surface area contributed by atoms with E-state index in [-0.39, 0.29) is 12.2 Å². The molecule has 124 valence electrons. The van der Waals surface area contributed by atoms with Gasteiger partial charge in [0.2, 0.25) is 0 Å². The van der Waals surface area contributed by atoms with Crippen LogP contribution in [0.5, 0.6) is 0 Å². The van der Waals surface area contributed by atoms with Gasteiger partial charge in [0.1, 0.15) is 5.60 Å². The Balaban J connectivity index is 2.10. The molecule has 0 atom stereocenters. The van der Waals surface area contributed by atoms with Crippen LogP contribution < -0.4 is 5.73 Å². The van der Waals surface area contributed by atoms with Crippen molar-refractivity contribution in [3.63, 3.8) is 0 Å². The third kappa shape index (κ3) is 8.24. The Hall–Kier alpha value is -0.850. The molecule has 0 bridgehead atoms. The van der Waals surface area contributed by atoms with E-state index in [1.54, 1.807) is 4.90 Å². The van der Waals surface area contributed by atoms with Gasteiger partial charge in [-0.05, 0) is 40.0 Å². The normalized spacial score (nSPS) is 17.0. The first-order valence-corrected chi connectivity index (χ1v) is 7.79. The summed E-state index contributed by atoms with van der Waals surface area (Å²) in [4.78, 5) is 13.7. The molecule has 0 unspecified atom stereocenters. The number of rotatable bonds is 7. The molecule has 6 heteroatoms. The summed E-state index contributed by atoms with van der Waals surface area (Å²) in [6.07, 6.45) is 2.62. The van der Waals surface area contributed by atoms with E-state index in [1.165, 1.54) is 0 Å². The van der Waals surface area contributed by atoms with Crippen LogP contribution in [0.2, 0.25) is 0 Å². The van der Waals surface area contributed by atoms with Crippen molar-refractivity contribution >= 4 is 6.09 Å². The molecule has 0 spiro atoms. The molecule has 0 aliphatic carbocycles. The maximum atomic E-state index is 11.9. The average Bonchev–Trinajstić information content (AvgIpc) is 2.41. The third-order valence-electron chi connectivity index (χ3n) is 3.14. The van der Waals surface area contributed by atoms with Gasteiger partial charge in [0.05, 0.1) is 12.7 Å². The highest BCUT2D eigenvalue weighted by molar-refractivity contribution is 5.68. The highest BCUT2D eigenvalue weighted by atomic mass is 16.6. The van der Waals surface area contributed by atoms with Crippen LogP contribution in [0.25, 0.3) is 0 Å². The fourth-order valence-electron chi connectivity index (χ4n) is 2.13. The van der Waals surface area contributed by atoms with Crippen molar-refractivity contribution in [3.8, 4) is 0 Å². The van der Waals surface area contributed by atoms with E-state index in [0.717, 1.165) is 19.3 Å². The summed E-state index contributed by atoms with van der Waals surface area (Å²) in [5.74, 6) is 0. The lowest BCUT2D eigenvalue weighted by Gasteiger charge is -2.33. The van der Waals surface area contributed by atoms with Gasteiger partial charge < -0.3 is 24.8 Å².